The number of carbonyl (C=O) groups is 2. The van der Waals surface area contributed by atoms with Gasteiger partial charge in [-0.25, -0.2) is 4.79 Å². The number of hydrogen-bond acceptors (Lipinski definition) is 4. The molecule has 0 aliphatic carbocycles. The van der Waals surface area contributed by atoms with Crippen LogP contribution >= 0.6 is 0 Å². The topological polar surface area (TPSA) is 96.9 Å². The molecule has 1 unspecified atom stereocenters. The summed E-state index contributed by atoms with van der Waals surface area (Å²) in [7, 11) is 0. The molecule has 0 aromatic heterocycles. The number of amides is 2. The second-order valence-corrected chi connectivity index (χ2v) is 8.82. The molecule has 13 heteroatoms. The summed E-state index contributed by atoms with van der Waals surface area (Å²) in [5, 5.41) is 14.2. The summed E-state index contributed by atoms with van der Waals surface area (Å²) in [6.07, 6.45) is -10.7. The summed E-state index contributed by atoms with van der Waals surface area (Å²) in [6.45, 7) is 1.42. The van der Waals surface area contributed by atoms with Crippen molar-refractivity contribution >= 4 is 12.0 Å². The zero-order chi connectivity index (χ0) is 29.6. The van der Waals surface area contributed by atoms with Crippen molar-refractivity contribution in [1.82, 2.24) is 10.6 Å². The highest BCUT2D eigenvalue weighted by Crippen LogP contribution is 2.38. The molecule has 1 atom stereocenters. The average Bonchev–Trinajstić information content (AvgIpc) is 2.82. The van der Waals surface area contributed by atoms with Gasteiger partial charge >= 0.3 is 24.7 Å². The Kier molecular flexibility index (Phi) is 9.17. The zero-order valence-corrected chi connectivity index (χ0v) is 20.8. The Morgan fingerprint density at radius 3 is 1.75 bits per heavy atom. The Hall–Kier alpha value is -4.42. The molecule has 3 aromatic carbocycles. The fourth-order valence-corrected chi connectivity index (χ4v) is 4.15. The number of urea groups is 1. The molecule has 40 heavy (non-hydrogen) atoms. The highest BCUT2D eigenvalue weighted by atomic mass is 19.4. The number of carboxylic acid groups (broad SMARTS) is 1. The quantitative estimate of drug-likeness (QED) is 0.255. The maximum absolute atomic E-state index is 13.2. The molecular formula is C27H24F6N2O5. The van der Waals surface area contributed by atoms with E-state index >= 15 is 0 Å². The molecular weight excluding hydrogens is 546 g/mol. The molecule has 3 rings (SSSR count). The highest BCUT2D eigenvalue weighted by Gasteiger charge is 2.39. The van der Waals surface area contributed by atoms with Gasteiger partial charge in [-0.3, -0.25) is 4.79 Å². The largest absolute Gasteiger partial charge is 0.573 e. The van der Waals surface area contributed by atoms with Gasteiger partial charge < -0.3 is 25.2 Å². The van der Waals surface area contributed by atoms with Crippen molar-refractivity contribution in [3.63, 3.8) is 0 Å². The SMILES string of the molecule is CC(CC(=O)O)NC(=O)NC(Cc1ccccc1)(c1cccc(OC(F)(F)F)c1)c1cccc(OC(F)(F)F)c1. The van der Waals surface area contributed by atoms with Crippen LogP contribution in [0.1, 0.15) is 30.0 Å². The maximum atomic E-state index is 13.2. The molecule has 7 nitrogen and oxygen atoms in total. The first-order chi connectivity index (χ1) is 18.6. The number of alkyl halides is 6. The summed E-state index contributed by atoms with van der Waals surface area (Å²) in [5.41, 5.74) is -1.16. The molecule has 0 aliphatic heterocycles. The molecule has 0 spiro atoms. The van der Waals surface area contributed by atoms with Gasteiger partial charge in [-0.2, -0.15) is 0 Å². The number of rotatable bonds is 10. The van der Waals surface area contributed by atoms with Crippen molar-refractivity contribution in [2.24, 2.45) is 0 Å². The second-order valence-electron chi connectivity index (χ2n) is 8.82. The van der Waals surface area contributed by atoms with Crippen LogP contribution in [0, 0.1) is 0 Å². The van der Waals surface area contributed by atoms with Crippen molar-refractivity contribution < 1.29 is 50.5 Å². The Balaban J connectivity index is 2.22. The third kappa shape index (κ3) is 8.82. The lowest BCUT2D eigenvalue weighted by Gasteiger charge is -2.37. The van der Waals surface area contributed by atoms with Gasteiger partial charge in [-0.15, -0.1) is 26.3 Å². The van der Waals surface area contributed by atoms with Gasteiger partial charge in [0, 0.05) is 12.5 Å². The van der Waals surface area contributed by atoms with E-state index < -0.39 is 54.2 Å². The van der Waals surface area contributed by atoms with E-state index in [2.05, 4.69) is 20.1 Å². The van der Waals surface area contributed by atoms with E-state index in [1.807, 2.05) is 0 Å². The maximum Gasteiger partial charge on any atom is 0.573 e. The van der Waals surface area contributed by atoms with Gasteiger partial charge in [0.1, 0.15) is 11.5 Å². The smallest absolute Gasteiger partial charge is 0.481 e. The lowest BCUT2D eigenvalue weighted by molar-refractivity contribution is -0.275. The summed E-state index contributed by atoms with van der Waals surface area (Å²) in [4.78, 5) is 24.3. The van der Waals surface area contributed by atoms with E-state index in [-0.39, 0.29) is 17.5 Å². The van der Waals surface area contributed by atoms with E-state index in [1.54, 1.807) is 30.3 Å². The van der Waals surface area contributed by atoms with E-state index in [4.69, 9.17) is 5.11 Å². The predicted molar refractivity (Wildman–Crippen MR) is 131 cm³/mol. The molecule has 3 aromatic rings. The van der Waals surface area contributed by atoms with Gasteiger partial charge in [-0.1, -0.05) is 54.6 Å². The summed E-state index contributed by atoms with van der Waals surface area (Å²) < 4.78 is 86.3. The highest BCUT2D eigenvalue weighted by molar-refractivity contribution is 5.77. The fraction of sp³-hybridized carbons (Fsp3) is 0.259. The lowest BCUT2D eigenvalue weighted by Crippen LogP contribution is -2.53. The molecule has 0 heterocycles. The Morgan fingerprint density at radius 2 is 1.30 bits per heavy atom. The zero-order valence-electron chi connectivity index (χ0n) is 20.8. The van der Waals surface area contributed by atoms with Crippen LogP contribution in [0.3, 0.4) is 0 Å². The van der Waals surface area contributed by atoms with Crippen LogP contribution in [0.4, 0.5) is 31.1 Å². The van der Waals surface area contributed by atoms with Gasteiger partial charge in [0.15, 0.2) is 0 Å². The Bertz CT molecular complexity index is 1260. The summed E-state index contributed by atoms with van der Waals surface area (Å²) in [5.74, 6) is -2.46. The van der Waals surface area contributed by atoms with Crippen LogP contribution < -0.4 is 20.1 Å². The fourth-order valence-electron chi connectivity index (χ4n) is 4.15. The van der Waals surface area contributed by atoms with Gasteiger partial charge in [0.25, 0.3) is 0 Å². The summed E-state index contributed by atoms with van der Waals surface area (Å²) >= 11 is 0. The molecule has 0 aliphatic rings. The molecule has 0 saturated carbocycles. The van der Waals surface area contributed by atoms with Crippen LogP contribution in [-0.2, 0) is 16.8 Å². The van der Waals surface area contributed by atoms with Crippen molar-refractivity contribution in [1.29, 1.82) is 0 Å². The number of aliphatic carboxylic acids is 1. The monoisotopic (exact) mass is 570 g/mol. The standard InChI is InChI=1S/C27H24F6N2O5/c1-17(13-23(36)37)34-24(38)35-25(16-18-7-3-2-4-8-18,19-9-5-11-21(14-19)39-26(28,29)30)20-10-6-12-22(15-20)40-27(31,32)33/h2-12,14-15,17H,13,16H2,1H3,(H,36,37)(H2,34,35,38). The van der Waals surface area contributed by atoms with Crippen LogP contribution in [0.15, 0.2) is 78.9 Å². The minimum atomic E-state index is -5.04. The van der Waals surface area contributed by atoms with Crippen LogP contribution in [0.25, 0.3) is 0 Å². The normalized spacial score (nSPS) is 12.8. The molecule has 0 fully saturated rings. The number of halogens is 6. The minimum absolute atomic E-state index is 0.0308. The number of ether oxygens (including phenoxy) is 2. The third-order valence-corrected chi connectivity index (χ3v) is 5.62. The lowest BCUT2D eigenvalue weighted by atomic mass is 9.77. The number of benzene rings is 3. The van der Waals surface area contributed by atoms with Crippen molar-refractivity contribution in [3.8, 4) is 11.5 Å². The Labute approximate surface area is 224 Å². The van der Waals surface area contributed by atoms with Crippen molar-refractivity contribution in [2.75, 3.05) is 0 Å². The van der Waals surface area contributed by atoms with Crippen molar-refractivity contribution in [2.45, 2.75) is 44.1 Å². The van der Waals surface area contributed by atoms with Gasteiger partial charge in [-0.05, 0) is 47.9 Å². The number of nitrogens with one attached hydrogen (secondary N) is 2. The van der Waals surface area contributed by atoms with E-state index in [1.165, 1.54) is 31.2 Å². The molecule has 2 amide bonds. The van der Waals surface area contributed by atoms with Crippen LogP contribution in [0.5, 0.6) is 11.5 Å². The molecule has 0 saturated heterocycles. The van der Waals surface area contributed by atoms with E-state index in [0.29, 0.717) is 5.56 Å². The molecule has 0 radical (unpaired) electrons. The van der Waals surface area contributed by atoms with Gasteiger partial charge in [0.2, 0.25) is 0 Å². The Morgan fingerprint density at radius 1 is 0.800 bits per heavy atom. The predicted octanol–water partition coefficient (Wildman–Crippen LogP) is 6.13. The molecule has 214 valence electrons. The first-order valence-corrected chi connectivity index (χ1v) is 11.7. The second kappa shape index (κ2) is 12.2. The van der Waals surface area contributed by atoms with Crippen LogP contribution in [0.2, 0.25) is 0 Å². The summed E-state index contributed by atoms with van der Waals surface area (Å²) in [6, 6.07) is 15.9. The third-order valence-electron chi connectivity index (χ3n) is 5.62. The van der Waals surface area contributed by atoms with E-state index in [9.17, 15) is 35.9 Å². The number of carbonyl (C=O) groups excluding carboxylic acids is 1. The first-order valence-electron chi connectivity index (χ1n) is 11.7. The average molecular weight is 570 g/mol. The molecule has 3 N–H and O–H groups in total. The van der Waals surface area contributed by atoms with Crippen LogP contribution in [-0.4, -0.2) is 35.9 Å². The van der Waals surface area contributed by atoms with Gasteiger partial charge in [0.05, 0.1) is 12.0 Å². The van der Waals surface area contributed by atoms with E-state index in [0.717, 1.165) is 24.3 Å². The number of carboxylic acids is 1. The number of hydrogen-bond donors (Lipinski definition) is 3. The minimum Gasteiger partial charge on any atom is -0.481 e. The first kappa shape index (κ1) is 30.1. The molecule has 0 bridgehead atoms. The van der Waals surface area contributed by atoms with Crippen molar-refractivity contribution in [3.05, 3.63) is 95.6 Å².